The van der Waals surface area contributed by atoms with Gasteiger partial charge in [0.15, 0.2) is 0 Å². The summed E-state index contributed by atoms with van der Waals surface area (Å²) in [7, 11) is 1.51. The molecule has 122 valence electrons. The van der Waals surface area contributed by atoms with Crippen LogP contribution in [0.2, 0.25) is 0 Å². The number of benzene rings is 1. The molecule has 1 fully saturated rings. The molecule has 0 radical (unpaired) electrons. The van der Waals surface area contributed by atoms with E-state index in [-0.39, 0.29) is 5.82 Å². The van der Waals surface area contributed by atoms with Crippen LogP contribution >= 0.6 is 0 Å². The second-order valence-electron chi connectivity index (χ2n) is 5.19. The number of aromatic nitrogens is 2. The van der Waals surface area contributed by atoms with E-state index in [1.54, 1.807) is 18.5 Å². The van der Waals surface area contributed by atoms with Crippen molar-refractivity contribution >= 4 is 11.6 Å². The fourth-order valence-electron chi connectivity index (χ4n) is 2.37. The number of methoxy groups -OCH3 is 1. The van der Waals surface area contributed by atoms with Crippen LogP contribution in [0.3, 0.4) is 0 Å². The molecule has 1 aromatic carbocycles. The molecule has 0 aliphatic carbocycles. The van der Waals surface area contributed by atoms with Crippen LogP contribution in [-0.4, -0.2) is 43.4 Å². The molecule has 2 aromatic rings. The topological polar surface area (TPSA) is 59.5 Å². The molecular weight excluding hydrogens is 299 g/mol. The second kappa shape index (κ2) is 7.23. The van der Waals surface area contributed by atoms with Crippen molar-refractivity contribution in [1.82, 2.24) is 9.97 Å². The monoisotopic (exact) mass is 318 g/mol. The molecular formula is C16H19FN4O2. The van der Waals surface area contributed by atoms with Crippen LogP contribution in [0.25, 0.3) is 0 Å². The van der Waals surface area contributed by atoms with Crippen molar-refractivity contribution < 1.29 is 13.9 Å². The van der Waals surface area contributed by atoms with Gasteiger partial charge in [-0.25, -0.2) is 14.4 Å². The minimum Gasteiger partial charge on any atom is -0.494 e. The van der Waals surface area contributed by atoms with Crippen molar-refractivity contribution in [3.05, 3.63) is 42.0 Å². The number of hydrogen-bond donors (Lipinski definition) is 1. The lowest BCUT2D eigenvalue weighted by Gasteiger charge is -2.26. The summed E-state index contributed by atoms with van der Waals surface area (Å²) in [5.41, 5.74) is 1.67. The van der Waals surface area contributed by atoms with Gasteiger partial charge in [0.25, 0.3) is 0 Å². The number of rotatable bonds is 5. The summed E-state index contributed by atoms with van der Waals surface area (Å²) in [6.45, 7) is 3.56. The van der Waals surface area contributed by atoms with Crippen LogP contribution in [0.4, 0.5) is 16.0 Å². The average molecular weight is 318 g/mol. The molecule has 1 saturated heterocycles. The Labute approximate surface area is 134 Å². The molecule has 0 unspecified atom stereocenters. The van der Waals surface area contributed by atoms with Gasteiger partial charge in [-0.2, -0.15) is 0 Å². The summed E-state index contributed by atoms with van der Waals surface area (Å²) in [6.07, 6.45) is 3.58. The fourth-order valence-corrected chi connectivity index (χ4v) is 2.37. The molecule has 1 aliphatic heterocycles. The SMILES string of the molecule is COc1cc(F)ccc1NCc1cnc(N2CCOCC2)nc1. The van der Waals surface area contributed by atoms with Crippen LogP contribution in [-0.2, 0) is 11.3 Å². The maximum Gasteiger partial charge on any atom is 0.225 e. The Morgan fingerprint density at radius 2 is 2.00 bits per heavy atom. The Kier molecular flexibility index (Phi) is 4.87. The molecule has 23 heavy (non-hydrogen) atoms. The number of anilines is 2. The van der Waals surface area contributed by atoms with Crippen LogP contribution in [0.15, 0.2) is 30.6 Å². The molecule has 7 heteroatoms. The lowest BCUT2D eigenvalue weighted by Crippen LogP contribution is -2.37. The van der Waals surface area contributed by atoms with Gasteiger partial charge in [-0.15, -0.1) is 0 Å². The van der Waals surface area contributed by atoms with Crippen LogP contribution < -0.4 is 15.0 Å². The Morgan fingerprint density at radius 3 is 2.70 bits per heavy atom. The first-order valence-corrected chi connectivity index (χ1v) is 7.47. The van der Waals surface area contributed by atoms with Gasteiger partial charge >= 0.3 is 0 Å². The van der Waals surface area contributed by atoms with E-state index in [9.17, 15) is 4.39 Å². The van der Waals surface area contributed by atoms with Crippen LogP contribution in [0.1, 0.15) is 5.56 Å². The highest BCUT2D eigenvalue weighted by molar-refractivity contribution is 5.56. The van der Waals surface area contributed by atoms with Crippen molar-refractivity contribution in [2.45, 2.75) is 6.54 Å². The van der Waals surface area contributed by atoms with Crippen molar-refractivity contribution in [3.63, 3.8) is 0 Å². The van der Waals surface area contributed by atoms with Gasteiger partial charge in [0.1, 0.15) is 11.6 Å². The second-order valence-corrected chi connectivity index (χ2v) is 5.19. The largest absolute Gasteiger partial charge is 0.494 e. The van der Waals surface area contributed by atoms with Crippen molar-refractivity contribution in [2.24, 2.45) is 0 Å². The van der Waals surface area contributed by atoms with Gasteiger partial charge in [-0.1, -0.05) is 0 Å². The van der Waals surface area contributed by atoms with Gasteiger partial charge in [-0.3, -0.25) is 0 Å². The third-order valence-corrected chi connectivity index (χ3v) is 3.63. The number of nitrogens with one attached hydrogen (secondary N) is 1. The Morgan fingerprint density at radius 1 is 1.26 bits per heavy atom. The zero-order valence-electron chi connectivity index (χ0n) is 13.0. The Balaban J connectivity index is 1.62. The van der Waals surface area contributed by atoms with E-state index in [1.807, 2.05) is 0 Å². The smallest absolute Gasteiger partial charge is 0.225 e. The average Bonchev–Trinajstić information content (AvgIpc) is 2.62. The zero-order valence-corrected chi connectivity index (χ0v) is 13.0. The standard InChI is InChI=1S/C16H19FN4O2/c1-22-15-8-13(17)2-3-14(15)18-9-12-10-19-16(20-11-12)21-4-6-23-7-5-21/h2-3,8,10-11,18H,4-7,9H2,1H3. The van der Waals surface area contributed by atoms with E-state index in [4.69, 9.17) is 9.47 Å². The van der Waals surface area contributed by atoms with Gasteiger partial charge in [0.2, 0.25) is 5.95 Å². The minimum atomic E-state index is -0.328. The van der Waals surface area contributed by atoms with Gasteiger partial charge in [0, 0.05) is 43.7 Å². The van der Waals surface area contributed by atoms with Crippen molar-refractivity contribution in [2.75, 3.05) is 43.6 Å². The first-order valence-electron chi connectivity index (χ1n) is 7.47. The lowest BCUT2D eigenvalue weighted by molar-refractivity contribution is 0.122. The van der Waals surface area contributed by atoms with Gasteiger partial charge in [-0.05, 0) is 12.1 Å². The maximum atomic E-state index is 13.2. The molecule has 6 nitrogen and oxygen atoms in total. The molecule has 0 amide bonds. The molecule has 0 bridgehead atoms. The molecule has 0 spiro atoms. The van der Waals surface area contributed by atoms with E-state index in [0.717, 1.165) is 30.3 Å². The summed E-state index contributed by atoms with van der Waals surface area (Å²) >= 11 is 0. The third-order valence-electron chi connectivity index (χ3n) is 3.63. The first-order chi connectivity index (χ1) is 11.3. The molecule has 2 heterocycles. The van der Waals surface area contributed by atoms with E-state index in [0.29, 0.717) is 25.5 Å². The summed E-state index contributed by atoms with van der Waals surface area (Å²) in [5.74, 6) is 0.859. The maximum absolute atomic E-state index is 13.2. The normalized spacial score (nSPS) is 14.6. The lowest BCUT2D eigenvalue weighted by atomic mass is 10.2. The van der Waals surface area contributed by atoms with Gasteiger partial charge < -0.3 is 19.7 Å². The number of halogens is 1. The fraction of sp³-hybridized carbons (Fsp3) is 0.375. The van der Waals surface area contributed by atoms with E-state index < -0.39 is 0 Å². The number of ether oxygens (including phenoxy) is 2. The van der Waals surface area contributed by atoms with E-state index in [2.05, 4.69) is 20.2 Å². The van der Waals surface area contributed by atoms with Crippen molar-refractivity contribution in [3.8, 4) is 5.75 Å². The molecule has 0 saturated carbocycles. The molecule has 1 aliphatic rings. The number of nitrogens with zero attached hydrogens (tertiary/aromatic N) is 3. The highest BCUT2D eigenvalue weighted by Gasteiger charge is 2.13. The molecule has 1 N–H and O–H groups in total. The first kappa shape index (κ1) is 15.5. The predicted molar refractivity (Wildman–Crippen MR) is 85.3 cm³/mol. The zero-order chi connectivity index (χ0) is 16.1. The Bertz CT molecular complexity index is 645. The molecule has 0 atom stereocenters. The summed E-state index contributed by atoms with van der Waals surface area (Å²) in [5, 5.41) is 3.20. The highest BCUT2D eigenvalue weighted by Crippen LogP contribution is 2.25. The quantitative estimate of drug-likeness (QED) is 0.911. The third kappa shape index (κ3) is 3.87. The summed E-state index contributed by atoms with van der Waals surface area (Å²) < 4.78 is 23.7. The molecule has 1 aromatic heterocycles. The van der Waals surface area contributed by atoms with Crippen LogP contribution in [0, 0.1) is 5.82 Å². The summed E-state index contributed by atoms with van der Waals surface area (Å²) in [6, 6.07) is 4.39. The van der Waals surface area contributed by atoms with Crippen molar-refractivity contribution in [1.29, 1.82) is 0 Å². The number of morpholine rings is 1. The predicted octanol–water partition coefficient (Wildman–Crippen LogP) is 2.07. The Hall–Kier alpha value is -2.41. The number of hydrogen-bond acceptors (Lipinski definition) is 6. The van der Waals surface area contributed by atoms with E-state index >= 15 is 0 Å². The van der Waals surface area contributed by atoms with Crippen LogP contribution in [0.5, 0.6) is 5.75 Å². The minimum absolute atomic E-state index is 0.328. The highest BCUT2D eigenvalue weighted by atomic mass is 19.1. The molecule has 3 rings (SSSR count). The summed E-state index contributed by atoms with van der Waals surface area (Å²) in [4.78, 5) is 10.9. The van der Waals surface area contributed by atoms with E-state index in [1.165, 1.54) is 19.2 Å². The van der Waals surface area contributed by atoms with Gasteiger partial charge in [0.05, 0.1) is 26.0 Å².